The van der Waals surface area contributed by atoms with E-state index in [-0.39, 0.29) is 18.6 Å². The number of carbonyl (C=O) groups is 3. The van der Waals surface area contributed by atoms with Crippen molar-refractivity contribution in [3.05, 3.63) is 0 Å². The quantitative estimate of drug-likeness (QED) is 0.494. The molecule has 0 aromatic carbocycles. The molecule has 0 aromatic rings. The summed E-state index contributed by atoms with van der Waals surface area (Å²) in [6, 6.07) is 0. The maximum absolute atomic E-state index is 11.6. The molecule has 0 fully saturated rings. The van der Waals surface area contributed by atoms with Crippen LogP contribution < -0.4 is 0 Å². The minimum absolute atomic E-state index is 0.0802. The van der Waals surface area contributed by atoms with E-state index in [0.717, 1.165) is 6.54 Å². The molecule has 27 heavy (non-hydrogen) atoms. The van der Waals surface area contributed by atoms with Crippen LogP contribution in [0.2, 0.25) is 0 Å². The molecule has 0 aliphatic carbocycles. The van der Waals surface area contributed by atoms with Gasteiger partial charge in [0.15, 0.2) is 17.4 Å². The van der Waals surface area contributed by atoms with E-state index in [1.54, 1.807) is 0 Å². The van der Waals surface area contributed by atoms with E-state index in [1.807, 2.05) is 25.8 Å². The molecule has 0 bridgehead atoms. The highest BCUT2D eigenvalue weighted by Gasteiger charge is 2.38. The van der Waals surface area contributed by atoms with Crippen molar-refractivity contribution < 1.29 is 33.3 Å². The lowest BCUT2D eigenvalue weighted by atomic mass is 10.1. The van der Waals surface area contributed by atoms with Gasteiger partial charge >= 0.3 is 17.9 Å². The molecule has 1 heterocycles. The first kappa shape index (κ1) is 23.2. The monoisotopic (exact) mass is 404 g/mol. The average Bonchev–Trinajstić information content (AvgIpc) is 2.62. The minimum Gasteiger partial charge on any atom is -0.463 e. The lowest BCUT2D eigenvalue weighted by Crippen LogP contribution is -2.48. The van der Waals surface area contributed by atoms with E-state index in [1.165, 1.54) is 32.5 Å². The van der Waals surface area contributed by atoms with Crippen LogP contribution in [0.3, 0.4) is 0 Å². The summed E-state index contributed by atoms with van der Waals surface area (Å²) < 4.78 is 21.8. The lowest BCUT2D eigenvalue weighted by molar-refractivity contribution is -0.184. The second-order valence-corrected chi connectivity index (χ2v) is 7.29. The summed E-state index contributed by atoms with van der Waals surface area (Å²) in [4.78, 5) is 40.9. The number of ether oxygens (including phenoxy) is 4. The molecule has 0 saturated heterocycles. The highest BCUT2D eigenvalue weighted by Crippen LogP contribution is 2.25. The number of carbonyl (C=O) groups excluding carboxylic acids is 3. The fraction of sp³-hybridized carbons (Fsp3) is 0.765. The zero-order chi connectivity index (χ0) is 20.6. The van der Waals surface area contributed by atoms with Crippen LogP contribution in [0, 0.1) is 0 Å². The third-order valence-corrected chi connectivity index (χ3v) is 4.74. The number of rotatable bonds is 5. The van der Waals surface area contributed by atoms with Crippen LogP contribution in [0.15, 0.2) is 4.99 Å². The Labute approximate surface area is 163 Å². The molecule has 4 atom stereocenters. The molecular weight excluding hydrogens is 376 g/mol. The average molecular weight is 404 g/mol. The number of thioether (sulfide) groups is 1. The van der Waals surface area contributed by atoms with E-state index in [2.05, 4.69) is 4.99 Å². The Balaban J connectivity index is 3.24. The molecule has 1 unspecified atom stereocenters. The van der Waals surface area contributed by atoms with Gasteiger partial charge in [0, 0.05) is 34.4 Å². The van der Waals surface area contributed by atoms with Crippen LogP contribution in [0.1, 0.15) is 34.6 Å². The largest absolute Gasteiger partial charge is 0.463 e. The molecular formula is C17H28N2O7S. The van der Waals surface area contributed by atoms with Gasteiger partial charge in [-0.15, -0.1) is 0 Å². The van der Waals surface area contributed by atoms with Gasteiger partial charge in [-0.25, -0.2) is 0 Å². The summed E-state index contributed by atoms with van der Waals surface area (Å²) in [7, 11) is 1.89. The number of nitrogens with zero attached hydrogens (tertiary/aromatic N) is 2. The molecule has 1 aliphatic rings. The third kappa shape index (κ3) is 8.17. The van der Waals surface area contributed by atoms with Gasteiger partial charge in [-0.3, -0.25) is 19.4 Å². The molecule has 0 spiro atoms. The minimum atomic E-state index is -0.969. The molecule has 1 rings (SSSR count). The third-order valence-electron chi connectivity index (χ3n) is 3.65. The van der Waals surface area contributed by atoms with Crippen LogP contribution in [0.5, 0.6) is 0 Å². The molecule has 0 amide bonds. The Morgan fingerprint density at radius 1 is 1.19 bits per heavy atom. The second-order valence-electron chi connectivity index (χ2n) is 6.02. The van der Waals surface area contributed by atoms with Crippen LogP contribution in [-0.4, -0.2) is 78.5 Å². The molecule has 0 aromatic heterocycles. The van der Waals surface area contributed by atoms with Crippen molar-refractivity contribution in [2.75, 3.05) is 26.7 Å². The summed E-state index contributed by atoms with van der Waals surface area (Å²) in [5, 5.41) is 0.705. The van der Waals surface area contributed by atoms with Crippen LogP contribution in [0.25, 0.3) is 0 Å². The number of amidine groups is 1. The molecule has 9 nitrogen and oxygen atoms in total. The summed E-state index contributed by atoms with van der Waals surface area (Å²) in [6.45, 7) is 8.25. The molecule has 154 valence electrons. The fourth-order valence-corrected chi connectivity index (χ4v) is 3.34. The van der Waals surface area contributed by atoms with Crippen molar-refractivity contribution in [1.82, 2.24) is 4.90 Å². The number of hydrogen-bond donors (Lipinski definition) is 0. The zero-order valence-electron chi connectivity index (χ0n) is 16.6. The number of aliphatic imine (C=N–C) groups is 1. The highest BCUT2D eigenvalue weighted by atomic mass is 32.2. The number of hydrogen-bond acceptors (Lipinski definition) is 10. The fourth-order valence-electron chi connectivity index (χ4n) is 2.39. The first-order valence-electron chi connectivity index (χ1n) is 8.69. The molecule has 0 saturated carbocycles. The first-order chi connectivity index (χ1) is 12.6. The topological polar surface area (TPSA) is 104 Å². The Morgan fingerprint density at radius 2 is 1.81 bits per heavy atom. The predicted molar refractivity (Wildman–Crippen MR) is 100 cm³/mol. The van der Waals surface area contributed by atoms with Crippen molar-refractivity contribution in [3.8, 4) is 0 Å². The van der Waals surface area contributed by atoms with Gasteiger partial charge in [0.05, 0.1) is 6.54 Å². The maximum atomic E-state index is 11.6. The Kier molecular flexibility index (Phi) is 9.57. The Morgan fingerprint density at radius 3 is 2.33 bits per heavy atom. The highest BCUT2D eigenvalue weighted by molar-refractivity contribution is 8.14. The van der Waals surface area contributed by atoms with Crippen LogP contribution >= 0.6 is 11.8 Å². The van der Waals surface area contributed by atoms with E-state index in [9.17, 15) is 14.4 Å². The predicted octanol–water partition coefficient (Wildman–Crippen LogP) is 1.20. The van der Waals surface area contributed by atoms with Gasteiger partial charge in [-0.2, -0.15) is 0 Å². The van der Waals surface area contributed by atoms with Gasteiger partial charge in [-0.1, -0.05) is 11.8 Å². The Bertz CT molecular complexity index is 569. The van der Waals surface area contributed by atoms with Crippen molar-refractivity contribution in [2.24, 2.45) is 4.99 Å². The van der Waals surface area contributed by atoms with Crippen molar-refractivity contribution in [1.29, 1.82) is 0 Å². The van der Waals surface area contributed by atoms with Crippen molar-refractivity contribution in [3.63, 3.8) is 0 Å². The van der Waals surface area contributed by atoms with Gasteiger partial charge in [0.1, 0.15) is 18.1 Å². The Hall–Kier alpha value is -1.81. The standard InChI is InChI=1S/C17H28N2O7S/c1-7-19(6)17-18-8-14(24-11(3)21)16(25-12(4)22)15(9-23-10(2)20)26-13(5)27-17/h13-16H,7-9H2,1-6H3/t13?,14-,15-,16+/m1/s1. The van der Waals surface area contributed by atoms with Crippen molar-refractivity contribution >= 4 is 34.8 Å². The van der Waals surface area contributed by atoms with Gasteiger partial charge in [0.2, 0.25) is 0 Å². The molecule has 0 N–H and O–H groups in total. The summed E-state index contributed by atoms with van der Waals surface area (Å²) >= 11 is 1.38. The second kappa shape index (κ2) is 11.1. The van der Waals surface area contributed by atoms with Gasteiger partial charge in [0.25, 0.3) is 0 Å². The van der Waals surface area contributed by atoms with Crippen molar-refractivity contribution in [2.45, 2.75) is 58.4 Å². The SMILES string of the molecule is CCN(C)C1=NC[C@@H](OC(C)=O)[C@H](OC(C)=O)[C@@H](COC(C)=O)OC(C)S1. The van der Waals surface area contributed by atoms with E-state index < -0.39 is 36.2 Å². The van der Waals surface area contributed by atoms with Crippen LogP contribution in [-0.2, 0) is 33.3 Å². The summed E-state index contributed by atoms with van der Waals surface area (Å²) in [5.41, 5.74) is -0.368. The zero-order valence-corrected chi connectivity index (χ0v) is 17.4. The molecule has 0 radical (unpaired) electrons. The van der Waals surface area contributed by atoms with Gasteiger partial charge < -0.3 is 23.8 Å². The summed E-state index contributed by atoms with van der Waals surface area (Å²) in [5.74, 6) is -1.60. The number of esters is 3. The molecule has 10 heteroatoms. The van der Waals surface area contributed by atoms with Crippen LogP contribution in [0.4, 0.5) is 0 Å². The first-order valence-corrected chi connectivity index (χ1v) is 9.57. The van der Waals surface area contributed by atoms with E-state index in [4.69, 9.17) is 18.9 Å². The molecule has 1 aliphatic heterocycles. The van der Waals surface area contributed by atoms with E-state index >= 15 is 0 Å². The maximum Gasteiger partial charge on any atom is 0.303 e. The van der Waals surface area contributed by atoms with E-state index in [0.29, 0.717) is 5.17 Å². The smallest absolute Gasteiger partial charge is 0.303 e. The normalized spacial score (nSPS) is 25.9. The lowest BCUT2D eigenvalue weighted by Gasteiger charge is -2.31. The summed E-state index contributed by atoms with van der Waals surface area (Å²) in [6.07, 6.45) is -2.66. The van der Waals surface area contributed by atoms with Gasteiger partial charge in [-0.05, 0) is 13.8 Å².